The fraction of sp³-hybridized carbons (Fsp3) is 0.259. The van der Waals surface area contributed by atoms with E-state index in [0.717, 1.165) is 16.5 Å². The zero-order valence-corrected chi connectivity index (χ0v) is 21.8. The highest BCUT2D eigenvalue weighted by molar-refractivity contribution is 5.97. The standard InChI is InChI=1S/C27H23F2N7O4/c1-5-19(37)33-8-9-34(14(3)11-33)24-16-10-18(29)22-20-17(28)7-6-13(2)23(20)40-25-21(15(4)30-12-31-25)35(27(38)32-24)26(16)36(22)39/h5-7,10,12,14H,1,8-9,11H2,2-4H3/t14-/m0/s1. The molecule has 6 rings (SSSR count). The van der Waals surface area contributed by atoms with E-state index >= 15 is 8.78 Å². The highest BCUT2D eigenvalue weighted by Gasteiger charge is 2.32. The fourth-order valence-corrected chi connectivity index (χ4v) is 5.37. The van der Waals surface area contributed by atoms with Crippen LogP contribution in [-0.4, -0.2) is 55.8 Å². The Morgan fingerprint density at radius 3 is 2.73 bits per heavy atom. The van der Waals surface area contributed by atoms with Gasteiger partial charge in [-0.2, -0.15) is 9.97 Å². The predicted octanol–water partition coefficient (Wildman–Crippen LogP) is 2.85. The average molecular weight is 548 g/mol. The van der Waals surface area contributed by atoms with E-state index in [0.29, 0.717) is 12.1 Å². The summed E-state index contributed by atoms with van der Waals surface area (Å²) in [6.07, 6.45) is 2.43. The van der Waals surface area contributed by atoms with E-state index in [-0.39, 0.29) is 69.1 Å². The molecular weight excluding hydrogens is 524 g/mol. The number of benzene rings is 1. The molecular formula is C27H23F2N7O4. The summed E-state index contributed by atoms with van der Waals surface area (Å²) in [6, 6.07) is 3.27. The second kappa shape index (κ2) is 9.07. The number of piperazine rings is 1. The van der Waals surface area contributed by atoms with Crippen molar-refractivity contribution in [3.63, 3.8) is 0 Å². The van der Waals surface area contributed by atoms with Gasteiger partial charge in [0.2, 0.25) is 11.4 Å². The van der Waals surface area contributed by atoms with Crippen molar-refractivity contribution >= 4 is 50.5 Å². The van der Waals surface area contributed by atoms with E-state index in [9.17, 15) is 14.8 Å². The third-order valence-electron chi connectivity index (χ3n) is 7.30. The summed E-state index contributed by atoms with van der Waals surface area (Å²) in [4.78, 5) is 41.9. The van der Waals surface area contributed by atoms with Gasteiger partial charge in [-0.05, 0) is 44.5 Å². The molecule has 204 valence electrons. The van der Waals surface area contributed by atoms with Gasteiger partial charge in [0.1, 0.15) is 28.5 Å². The lowest BCUT2D eigenvalue weighted by Crippen LogP contribution is -2.54. The van der Waals surface area contributed by atoms with E-state index in [1.807, 2.05) is 6.92 Å². The van der Waals surface area contributed by atoms with Crippen molar-refractivity contribution in [1.82, 2.24) is 24.3 Å². The number of rotatable bonds is 2. The summed E-state index contributed by atoms with van der Waals surface area (Å²) in [6.45, 7) is 9.39. The van der Waals surface area contributed by atoms with E-state index in [4.69, 9.17) is 4.42 Å². The minimum Gasteiger partial charge on any atom is -0.710 e. The third-order valence-corrected chi connectivity index (χ3v) is 7.30. The van der Waals surface area contributed by atoms with Gasteiger partial charge in [-0.1, -0.05) is 12.6 Å². The quantitative estimate of drug-likeness (QED) is 0.188. The molecule has 2 bridgehead atoms. The average Bonchev–Trinajstić information content (AvgIpc) is 2.96. The summed E-state index contributed by atoms with van der Waals surface area (Å²) in [7, 11) is 0. The maximum absolute atomic E-state index is 15.9. The van der Waals surface area contributed by atoms with Crippen molar-refractivity contribution < 1.29 is 22.7 Å². The lowest BCUT2D eigenvalue weighted by atomic mass is 10.1. The van der Waals surface area contributed by atoms with Gasteiger partial charge in [-0.25, -0.2) is 23.3 Å². The second-order valence-electron chi connectivity index (χ2n) is 9.74. The molecule has 0 saturated carbocycles. The lowest BCUT2D eigenvalue weighted by Gasteiger charge is -2.40. The van der Waals surface area contributed by atoms with Crippen molar-refractivity contribution in [2.45, 2.75) is 26.8 Å². The third kappa shape index (κ3) is 3.61. The van der Waals surface area contributed by atoms with E-state index in [1.165, 1.54) is 18.5 Å². The lowest BCUT2D eigenvalue weighted by molar-refractivity contribution is -0.552. The van der Waals surface area contributed by atoms with Crippen LogP contribution in [0.4, 0.5) is 14.6 Å². The van der Waals surface area contributed by atoms with Crippen molar-refractivity contribution in [2.75, 3.05) is 24.5 Å². The molecule has 0 radical (unpaired) electrons. The molecule has 40 heavy (non-hydrogen) atoms. The van der Waals surface area contributed by atoms with Crippen LogP contribution in [0.25, 0.3) is 38.7 Å². The molecule has 1 fully saturated rings. The first-order valence-corrected chi connectivity index (χ1v) is 12.5. The number of carbonyl (C=O) groups excluding carboxylic acids is 1. The molecule has 0 aliphatic carbocycles. The summed E-state index contributed by atoms with van der Waals surface area (Å²) in [5.74, 6) is -2.11. The number of pyridine rings is 1. The molecule has 13 heteroatoms. The highest BCUT2D eigenvalue weighted by atomic mass is 19.1. The van der Waals surface area contributed by atoms with Crippen LogP contribution in [0, 0.1) is 30.7 Å². The topological polar surface area (TPSA) is 124 Å². The number of anilines is 1. The number of halogens is 2. The molecule has 5 heterocycles. The van der Waals surface area contributed by atoms with Crippen molar-refractivity contribution in [1.29, 1.82) is 0 Å². The molecule has 1 aromatic carbocycles. The molecule has 4 aromatic heterocycles. The van der Waals surface area contributed by atoms with Crippen molar-refractivity contribution in [3.05, 3.63) is 75.8 Å². The first kappa shape index (κ1) is 25.3. The fourth-order valence-electron chi connectivity index (χ4n) is 5.37. The Hall–Kier alpha value is -4.94. The number of amides is 1. The van der Waals surface area contributed by atoms with Crippen LogP contribution >= 0.6 is 0 Å². The number of nitrogens with zero attached hydrogens (tertiary/aromatic N) is 7. The van der Waals surface area contributed by atoms with Gasteiger partial charge in [-0.3, -0.25) is 4.79 Å². The summed E-state index contributed by atoms with van der Waals surface area (Å²) in [5.41, 5.74) is -1.35. The summed E-state index contributed by atoms with van der Waals surface area (Å²) in [5, 5.41) is 13.7. The molecule has 5 aromatic rings. The Kier molecular flexibility index (Phi) is 5.75. The van der Waals surface area contributed by atoms with Gasteiger partial charge < -0.3 is 19.4 Å². The van der Waals surface area contributed by atoms with Gasteiger partial charge in [0.15, 0.2) is 17.2 Å². The molecule has 0 unspecified atom stereocenters. The summed E-state index contributed by atoms with van der Waals surface area (Å²) < 4.78 is 38.5. The van der Waals surface area contributed by atoms with Crippen molar-refractivity contribution in [3.8, 4) is 0 Å². The van der Waals surface area contributed by atoms with Crippen LogP contribution in [0.5, 0.6) is 0 Å². The van der Waals surface area contributed by atoms with Crippen LogP contribution in [0.3, 0.4) is 0 Å². The molecule has 1 atom stereocenters. The van der Waals surface area contributed by atoms with Gasteiger partial charge in [0.25, 0.3) is 5.71 Å². The normalized spacial score (nSPS) is 15.9. The minimum atomic E-state index is -1.04. The molecule has 1 amide bonds. The number of carbonyl (C=O) groups is 1. The zero-order valence-electron chi connectivity index (χ0n) is 21.8. The molecule has 0 spiro atoms. The van der Waals surface area contributed by atoms with Gasteiger partial charge in [-0.15, -0.1) is 4.40 Å². The number of aromatic nitrogens is 5. The maximum Gasteiger partial charge on any atom is 0.442 e. The second-order valence-corrected chi connectivity index (χ2v) is 9.74. The van der Waals surface area contributed by atoms with Crippen LogP contribution in [0.2, 0.25) is 0 Å². The molecule has 1 saturated heterocycles. The Balaban J connectivity index is 1.82. The highest BCUT2D eigenvalue weighted by Crippen LogP contribution is 2.32. The Bertz CT molecular complexity index is 2000. The van der Waals surface area contributed by atoms with Gasteiger partial charge in [0, 0.05) is 25.7 Å². The van der Waals surface area contributed by atoms with Crippen LogP contribution in [-0.2, 0) is 4.79 Å². The molecule has 0 N–H and O–H groups in total. The SMILES string of the molecule is C=CC(=O)N1CCN(c2nc(=O)n3c4c(C)ncnc4oc4c(C)ccc(F)c4c4c(F)cc2c3[n+]4[O-])[C@@H](C)C1. The van der Waals surface area contributed by atoms with Crippen LogP contribution in [0.15, 0.2) is 46.4 Å². The maximum atomic E-state index is 15.9. The predicted molar refractivity (Wildman–Crippen MR) is 143 cm³/mol. The van der Waals surface area contributed by atoms with Crippen LogP contribution in [0.1, 0.15) is 18.2 Å². The number of aryl methyl sites for hydroxylation is 2. The number of hydrogen-bond acceptors (Lipinski definition) is 8. The number of hydrogen-bond donors (Lipinski definition) is 0. The molecule has 11 nitrogen and oxygen atoms in total. The van der Waals surface area contributed by atoms with Gasteiger partial charge >= 0.3 is 11.3 Å². The monoisotopic (exact) mass is 547 g/mol. The molecule has 1 aliphatic heterocycles. The van der Waals surface area contributed by atoms with Crippen molar-refractivity contribution in [2.24, 2.45) is 0 Å². The zero-order chi connectivity index (χ0) is 28.5. The van der Waals surface area contributed by atoms with Crippen LogP contribution < -0.4 is 15.3 Å². The smallest absolute Gasteiger partial charge is 0.442 e. The Morgan fingerprint density at radius 1 is 1.23 bits per heavy atom. The Morgan fingerprint density at radius 2 is 2.00 bits per heavy atom. The number of fused-ring (bicyclic) bond motifs is 5. The molecule has 1 aliphatic rings. The van der Waals surface area contributed by atoms with E-state index in [2.05, 4.69) is 21.5 Å². The largest absolute Gasteiger partial charge is 0.710 e. The summed E-state index contributed by atoms with van der Waals surface area (Å²) >= 11 is 0. The van der Waals surface area contributed by atoms with E-state index < -0.39 is 28.2 Å². The minimum absolute atomic E-state index is 0.0110. The van der Waals surface area contributed by atoms with Gasteiger partial charge in [0.05, 0.1) is 5.69 Å². The first-order valence-electron chi connectivity index (χ1n) is 12.5. The Labute approximate surface area is 224 Å². The first-order chi connectivity index (χ1) is 19.1. The van der Waals surface area contributed by atoms with E-state index in [1.54, 1.807) is 23.6 Å².